The Morgan fingerprint density at radius 1 is 1.16 bits per heavy atom. The molecule has 6 heteroatoms. The Balaban J connectivity index is 1.49. The van der Waals surface area contributed by atoms with Crippen LogP contribution in [0.2, 0.25) is 0 Å². The smallest absolute Gasteiger partial charge is 0.230 e. The molecule has 5 nitrogen and oxygen atoms in total. The van der Waals surface area contributed by atoms with Gasteiger partial charge in [-0.25, -0.2) is 4.98 Å². The van der Waals surface area contributed by atoms with E-state index in [1.54, 1.807) is 24.2 Å². The van der Waals surface area contributed by atoms with Gasteiger partial charge in [0.15, 0.2) is 0 Å². The number of benzene rings is 1. The average Bonchev–Trinajstić information content (AvgIpc) is 3.14. The van der Waals surface area contributed by atoms with E-state index < -0.39 is 0 Å². The molecule has 2 aromatic heterocycles. The fraction of sp³-hybridized carbons (Fsp3) is 0.211. The van der Waals surface area contributed by atoms with Crippen LogP contribution in [0, 0.1) is 0 Å². The first-order chi connectivity index (χ1) is 12.2. The minimum absolute atomic E-state index is 0.00825. The van der Waals surface area contributed by atoms with Gasteiger partial charge in [0.25, 0.3) is 0 Å². The van der Waals surface area contributed by atoms with Crippen LogP contribution < -0.4 is 5.32 Å². The summed E-state index contributed by atoms with van der Waals surface area (Å²) in [6, 6.07) is 15.6. The number of imidazole rings is 1. The van der Waals surface area contributed by atoms with E-state index in [0.29, 0.717) is 5.75 Å². The summed E-state index contributed by atoms with van der Waals surface area (Å²) in [6.45, 7) is 1.93. The molecule has 0 saturated heterocycles. The van der Waals surface area contributed by atoms with E-state index >= 15 is 0 Å². The number of carbonyl (C=O) groups is 1. The van der Waals surface area contributed by atoms with E-state index in [1.807, 2.05) is 55.5 Å². The molecule has 0 aliphatic heterocycles. The van der Waals surface area contributed by atoms with E-state index in [4.69, 9.17) is 0 Å². The van der Waals surface area contributed by atoms with Gasteiger partial charge in [-0.3, -0.25) is 9.78 Å². The predicted molar refractivity (Wildman–Crippen MR) is 101 cm³/mol. The molecule has 1 aromatic carbocycles. The number of aromatic amines is 1. The first-order valence-electron chi connectivity index (χ1n) is 8.09. The van der Waals surface area contributed by atoms with E-state index in [0.717, 1.165) is 28.5 Å². The number of nitrogens with zero attached hydrogens (tertiary/aromatic N) is 2. The Bertz CT molecular complexity index is 805. The van der Waals surface area contributed by atoms with Gasteiger partial charge in [-0.1, -0.05) is 36.4 Å². The van der Waals surface area contributed by atoms with Crippen LogP contribution in [-0.2, 0) is 10.5 Å². The van der Waals surface area contributed by atoms with Gasteiger partial charge in [-0.15, -0.1) is 11.8 Å². The molecule has 2 N–H and O–H groups in total. The van der Waals surface area contributed by atoms with Crippen LogP contribution >= 0.6 is 11.8 Å². The zero-order valence-electron chi connectivity index (χ0n) is 14.0. The number of rotatable bonds is 7. The molecule has 0 aliphatic carbocycles. The molecule has 0 radical (unpaired) electrons. The van der Waals surface area contributed by atoms with Crippen molar-refractivity contribution in [3.63, 3.8) is 0 Å². The van der Waals surface area contributed by atoms with E-state index in [2.05, 4.69) is 20.3 Å². The maximum Gasteiger partial charge on any atom is 0.230 e. The number of hydrogen-bond acceptors (Lipinski definition) is 4. The molecular weight excluding hydrogens is 332 g/mol. The van der Waals surface area contributed by atoms with Gasteiger partial charge in [0.2, 0.25) is 5.91 Å². The Morgan fingerprint density at radius 2 is 1.96 bits per heavy atom. The molecule has 0 saturated carbocycles. The molecule has 1 amide bonds. The maximum absolute atomic E-state index is 12.1. The molecule has 0 unspecified atom stereocenters. The first kappa shape index (κ1) is 17.2. The largest absolute Gasteiger partial charge is 0.346 e. The monoisotopic (exact) mass is 352 g/mol. The van der Waals surface area contributed by atoms with Crippen molar-refractivity contribution in [2.24, 2.45) is 0 Å². The molecule has 0 fully saturated rings. The molecule has 0 spiro atoms. The third kappa shape index (κ3) is 4.93. The van der Waals surface area contributed by atoms with Crippen LogP contribution in [0.4, 0.5) is 0 Å². The normalized spacial score (nSPS) is 11.9. The topological polar surface area (TPSA) is 70.7 Å². The molecule has 3 aromatic rings. The number of H-pyrrole nitrogens is 1. The van der Waals surface area contributed by atoms with Crippen LogP contribution in [-0.4, -0.2) is 26.6 Å². The van der Waals surface area contributed by atoms with E-state index in [1.165, 1.54) is 0 Å². The molecular formula is C19H20N4OS. The third-order valence-electron chi connectivity index (χ3n) is 3.68. The zero-order chi connectivity index (χ0) is 17.5. The van der Waals surface area contributed by atoms with Crippen molar-refractivity contribution in [2.75, 3.05) is 5.75 Å². The summed E-state index contributed by atoms with van der Waals surface area (Å²) in [5.74, 6) is 1.86. The number of thioether (sulfide) groups is 1. The highest BCUT2D eigenvalue weighted by atomic mass is 32.2. The van der Waals surface area contributed by atoms with Gasteiger partial charge >= 0.3 is 0 Å². The summed E-state index contributed by atoms with van der Waals surface area (Å²) < 4.78 is 0. The van der Waals surface area contributed by atoms with Crippen molar-refractivity contribution in [3.8, 4) is 11.3 Å². The summed E-state index contributed by atoms with van der Waals surface area (Å²) in [5.41, 5.74) is 3.00. The minimum Gasteiger partial charge on any atom is -0.346 e. The lowest BCUT2D eigenvalue weighted by Gasteiger charge is -2.11. The van der Waals surface area contributed by atoms with E-state index in [-0.39, 0.29) is 11.9 Å². The summed E-state index contributed by atoms with van der Waals surface area (Å²) in [7, 11) is 0. The minimum atomic E-state index is -0.166. The Hall–Kier alpha value is -2.60. The Kier molecular flexibility index (Phi) is 5.85. The lowest BCUT2D eigenvalue weighted by atomic mass is 10.2. The number of carbonyl (C=O) groups excluding carboxylic acids is 1. The zero-order valence-corrected chi connectivity index (χ0v) is 14.8. The first-order valence-corrected chi connectivity index (χ1v) is 9.25. The van der Waals surface area contributed by atoms with Gasteiger partial charge in [0.1, 0.15) is 5.82 Å². The maximum atomic E-state index is 12.1. The highest BCUT2D eigenvalue weighted by Crippen LogP contribution is 2.19. The van der Waals surface area contributed by atoms with Crippen molar-refractivity contribution in [3.05, 3.63) is 72.4 Å². The summed E-state index contributed by atoms with van der Waals surface area (Å²) in [4.78, 5) is 24.0. The van der Waals surface area contributed by atoms with Gasteiger partial charge in [0.05, 0.1) is 29.4 Å². The number of amides is 1. The summed E-state index contributed by atoms with van der Waals surface area (Å²) in [6.07, 6.45) is 3.56. The van der Waals surface area contributed by atoms with Crippen molar-refractivity contribution in [1.29, 1.82) is 0 Å². The van der Waals surface area contributed by atoms with Gasteiger partial charge in [-0.05, 0) is 24.6 Å². The van der Waals surface area contributed by atoms with Gasteiger partial charge in [-0.2, -0.15) is 0 Å². The highest BCUT2D eigenvalue weighted by Gasteiger charge is 2.13. The average molecular weight is 352 g/mol. The predicted octanol–water partition coefficient (Wildman–Crippen LogP) is 3.58. The highest BCUT2D eigenvalue weighted by molar-refractivity contribution is 7.99. The standard InChI is InChI=1S/C19H20N4OS/c1-14(19-21-11-17(23-19)15-7-3-2-4-8-15)22-18(24)13-25-12-16-9-5-6-10-20-16/h2-11,14H,12-13H2,1H3,(H,21,23)(H,22,24)/t14-/m1/s1. The lowest BCUT2D eigenvalue weighted by molar-refractivity contribution is -0.119. The van der Waals surface area contributed by atoms with Crippen molar-refractivity contribution in [1.82, 2.24) is 20.3 Å². The number of aromatic nitrogens is 3. The molecule has 0 bridgehead atoms. The molecule has 3 rings (SSSR count). The van der Waals surface area contributed by atoms with Crippen LogP contribution in [0.1, 0.15) is 24.5 Å². The Morgan fingerprint density at radius 3 is 2.72 bits per heavy atom. The molecule has 25 heavy (non-hydrogen) atoms. The fourth-order valence-electron chi connectivity index (χ4n) is 2.40. The molecule has 0 aliphatic rings. The van der Waals surface area contributed by atoms with Crippen LogP contribution in [0.15, 0.2) is 60.9 Å². The van der Waals surface area contributed by atoms with Gasteiger partial charge in [0, 0.05) is 11.9 Å². The van der Waals surface area contributed by atoms with E-state index in [9.17, 15) is 4.79 Å². The number of hydrogen-bond donors (Lipinski definition) is 2. The van der Waals surface area contributed by atoms with Crippen LogP contribution in [0.3, 0.4) is 0 Å². The van der Waals surface area contributed by atoms with Crippen molar-refractivity contribution >= 4 is 17.7 Å². The second-order valence-electron chi connectivity index (χ2n) is 5.65. The van der Waals surface area contributed by atoms with Crippen molar-refractivity contribution in [2.45, 2.75) is 18.7 Å². The van der Waals surface area contributed by atoms with Crippen LogP contribution in [0.25, 0.3) is 11.3 Å². The third-order valence-corrected chi connectivity index (χ3v) is 4.64. The quantitative estimate of drug-likeness (QED) is 0.682. The molecule has 2 heterocycles. The number of nitrogens with one attached hydrogen (secondary N) is 2. The Labute approximate surface area is 151 Å². The van der Waals surface area contributed by atoms with Gasteiger partial charge < -0.3 is 10.3 Å². The summed E-state index contributed by atoms with van der Waals surface area (Å²) >= 11 is 1.55. The van der Waals surface area contributed by atoms with Crippen LogP contribution in [0.5, 0.6) is 0 Å². The lowest BCUT2D eigenvalue weighted by Crippen LogP contribution is -2.28. The molecule has 128 valence electrons. The second-order valence-corrected chi connectivity index (χ2v) is 6.64. The summed E-state index contributed by atoms with van der Waals surface area (Å²) in [5, 5.41) is 2.97. The molecule has 1 atom stereocenters. The fourth-order valence-corrected chi connectivity index (χ4v) is 3.16. The van der Waals surface area contributed by atoms with Crippen molar-refractivity contribution < 1.29 is 4.79 Å². The second kappa shape index (κ2) is 8.48. The number of pyridine rings is 1. The SMILES string of the molecule is C[C@@H](NC(=O)CSCc1ccccn1)c1ncc(-c2ccccc2)[nH]1.